The molecule has 0 aromatic heterocycles. The van der Waals surface area contributed by atoms with E-state index in [4.69, 9.17) is 11.5 Å². The number of alkyl halides is 3. The quantitative estimate of drug-likeness (QED) is 0.488. The van der Waals surface area contributed by atoms with Crippen LogP contribution in [0.25, 0.3) is 0 Å². The summed E-state index contributed by atoms with van der Waals surface area (Å²) in [4.78, 5) is 21.9. The Kier molecular flexibility index (Phi) is 10.8. The van der Waals surface area contributed by atoms with E-state index in [2.05, 4.69) is 29.6 Å². The van der Waals surface area contributed by atoms with Gasteiger partial charge in [0.1, 0.15) is 5.75 Å². The predicted molar refractivity (Wildman–Crippen MR) is 120 cm³/mol. The van der Waals surface area contributed by atoms with Gasteiger partial charge in [0.2, 0.25) is 11.8 Å². The predicted octanol–water partition coefficient (Wildman–Crippen LogP) is 4.17. The van der Waals surface area contributed by atoms with Crippen molar-refractivity contribution in [2.24, 2.45) is 23.3 Å². The molecule has 0 radical (unpaired) electrons. The second-order valence-corrected chi connectivity index (χ2v) is 9.05. The lowest BCUT2D eigenvalue weighted by atomic mass is 9.77. The third-order valence-corrected chi connectivity index (χ3v) is 5.91. The van der Waals surface area contributed by atoms with Crippen molar-refractivity contribution in [1.82, 2.24) is 5.32 Å². The standard InChI is InChI=1S/C11H20N2O.C7H5F3OS.C4H9NO/c1-8-4-2-5-9(8)13-10(14)11(12)6-3-7-11;8-7(9,10)11-5-3-1-2-4-6(5)12;1-3(2)4(5)6/h8-9H,2-7,12H2,1H3,(H,13,14);1-4,12H;3H,1-2H3,(H2,5,6). The molecule has 1 aromatic carbocycles. The van der Waals surface area contributed by atoms with Gasteiger partial charge in [-0.1, -0.05) is 39.3 Å². The molecule has 1 aromatic rings. The molecular formula is C22H34F3N3O3S. The summed E-state index contributed by atoms with van der Waals surface area (Å²) < 4.78 is 38.7. The Morgan fingerprint density at radius 2 is 1.75 bits per heavy atom. The van der Waals surface area contributed by atoms with Gasteiger partial charge >= 0.3 is 6.36 Å². The molecule has 182 valence electrons. The van der Waals surface area contributed by atoms with Gasteiger partial charge in [0.05, 0.1) is 5.54 Å². The molecule has 2 atom stereocenters. The minimum Gasteiger partial charge on any atom is -0.405 e. The summed E-state index contributed by atoms with van der Waals surface area (Å²) in [5.41, 5.74) is 10.2. The van der Waals surface area contributed by atoms with Gasteiger partial charge in [-0.15, -0.1) is 25.8 Å². The van der Waals surface area contributed by atoms with E-state index >= 15 is 0 Å². The Balaban J connectivity index is 0.000000260. The Bertz CT molecular complexity index is 755. The van der Waals surface area contributed by atoms with Gasteiger partial charge in [0.15, 0.2) is 0 Å². The van der Waals surface area contributed by atoms with E-state index in [-0.39, 0.29) is 28.4 Å². The number of nitrogens with one attached hydrogen (secondary N) is 1. The lowest BCUT2D eigenvalue weighted by Crippen LogP contribution is -2.60. The largest absolute Gasteiger partial charge is 0.573 e. The van der Waals surface area contributed by atoms with Crippen LogP contribution in [-0.2, 0) is 9.59 Å². The third-order valence-electron chi connectivity index (χ3n) is 5.54. The highest BCUT2D eigenvalue weighted by Gasteiger charge is 2.41. The topological polar surface area (TPSA) is 107 Å². The number of carbonyl (C=O) groups excluding carboxylic acids is 2. The molecule has 32 heavy (non-hydrogen) atoms. The zero-order chi connectivity index (χ0) is 24.5. The summed E-state index contributed by atoms with van der Waals surface area (Å²) in [7, 11) is 0. The van der Waals surface area contributed by atoms with Gasteiger partial charge in [-0.3, -0.25) is 9.59 Å². The number of amides is 2. The van der Waals surface area contributed by atoms with Crippen LogP contribution in [0.2, 0.25) is 0 Å². The number of nitrogens with two attached hydrogens (primary N) is 2. The average molecular weight is 478 g/mol. The maximum atomic E-state index is 11.8. The minimum atomic E-state index is -4.65. The van der Waals surface area contributed by atoms with Crippen LogP contribution in [0.4, 0.5) is 13.2 Å². The van der Waals surface area contributed by atoms with E-state index in [0.29, 0.717) is 12.0 Å². The third kappa shape index (κ3) is 9.68. The number of para-hydroxylation sites is 1. The van der Waals surface area contributed by atoms with Crippen LogP contribution in [0.3, 0.4) is 0 Å². The number of rotatable bonds is 4. The first-order valence-corrected chi connectivity index (χ1v) is 11.1. The Morgan fingerprint density at radius 1 is 1.19 bits per heavy atom. The molecule has 0 spiro atoms. The number of hydrogen-bond donors (Lipinski definition) is 4. The molecular weight excluding hydrogens is 443 g/mol. The van der Waals surface area contributed by atoms with Crippen LogP contribution >= 0.6 is 12.6 Å². The minimum absolute atomic E-state index is 0.00926. The first kappa shape index (κ1) is 28.1. The van der Waals surface area contributed by atoms with Crippen molar-refractivity contribution < 1.29 is 27.5 Å². The molecule has 2 aliphatic rings. The number of thiol groups is 1. The van der Waals surface area contributed by atoms with Crippen molar-refractivity contribution in [3.8, 4) is 5.75 Å². The fourth-order valence-electron chi connectivity index (χ4n) is 3.12. The molecule has 2 unspecified atom stereocenters. The lowest BCUT2D eigenvalue weighted by molar-refractivity contribution is -0.275. The molecule has 0 saturated heterocycles. The van der Waals surface area contributed by atoms with Crippen LogP contribution in [0, 0.1) is 11.8 Å². The zero-order valence-electron chi connectivity index (χ0n) is 18.7. The van der Waals surface area contributed by atoms with Gasteiger partial charge in [0, 0.05) is 16.9 Å². The molecule has 3 rings (SSSR count). The summed E-state index contributed by atoms with van der Waals surface area (Å²) in [6.07, 6.45) is 1.78. The second-order valence-electron chi connectivity index (χ2n) is 8.57. The number of ether oxygens (including phenoxy) is 1. The van der Waals surface area contributed by atoms with E-state index in [0.717, 1.165) is 25.7 Å². The molecule has 2 saturated carbocycles. The average Bonchev–Trinajstić information content (AvgIpc) is 3.06. The number of hydrogen-bond acceptors (Lipinski definition) is 5. The molecule has 6 nitrogen and oxygen atoms in total. The lowest BCUT2D eigenvalue weighted by Gasteiger charge is -2.37. The Hall–Kier alpha value is -1.94. The molecule has 5 N–H and O–H groups in total. The van der Waals surface area contributed by atoms with Gasteiger partial charge in [-0.2, -0.15) is 0 Å². The summed E-state index contributed by atoms with van der Waals surface area (Å²) in [5, 5.41) is 3.11. The number of primary amides is 1. The fourth-order valence-corrected chi connectivity index (χ4v) is 3.33. The molecule has 2 amide bonds. The van der Waals surface area contributed by atoms with Crippen molar-refractivity contribution in [3.05, 3.63) is 24.3 Å². The second kappa shape index (κ2) is 12.3. The first-order chi connectivity index (χ1) is 14.7. The van der Waals surface area contributed by atoms with Crippen LogP contribution in [0.15, 0.2) is 29.2 Å². The molecule has 0 aliphatic heterocycles. The first-order valence-electron chi connectivity index (χ1n) is 10.7. The molecule has 2 aliphatic carbocycles. The zero-order valence-corrected chi connectivity index (χ0v) is 19.6. The number of carbonyl (C=O) groups is 2. The van der Waals surface area contributed by atoms with Crippen molar-refractivity contribution in [3.63, 3.8) is 0 Å². The summed E-state index contributed by atoms with van der Waals surface area (Å²) in [6.45, 7) is 5.74. The summed E-state index contributed by atoms with van der Waals surface area (Å²) in [6, 6.07) is 6.02. The SMILES string of the molecule is CC(C)C(N)=O.CC1CCCC1NC(=O)C1(N)CCC1.FC(F)(F)Oc1ccccc1S. The maximum absolute atomic E-state index is 11.8. The van der Waals surface area contributed by atoms with E-state index < -0.39 is 11.9 Å². The molecule has 0 heterocycles. The van der Waals surface area contributed by atoms with Crippen molar-refractivity contribution in [1.29, 1.82) is 0 Å². The summed E-state index contributed by atoms with van der Waals surface area (Å²) >= 11 is 3.78. The van der Waals surface area contributed by atoms with Crippen molar-refractivity contribution in [2.45, 2.75) is 82.1 Å². The monoisotopic (exact) mass is 477 g/mol. The van der Waals surface area contributed by atoms with E-state index in [1.54, 1.807) is 19.9 Å². The van der Waals surface area contributed by atoms with E-state index in [9.17, 15) is 22.8 Å². The molecule has 10 heteroatoms. The highest BCUT2D eigenvalue weighted by atomic mass is 32.1. The van der Waals surface area contributed by atoms with Gasteiger partial charge in [0.25, 0.3) is 0 Å². The van der Waals surface area contributed by atoms with Gasteiger partial charge < -0.3 is 21.5 Å². The van der Waals surface area contributed by atoms with Crippen LogP contribution in [-0.4, -0.2) is 29.8 Å². The normalized spacial score (nSPS) is 21.3. The molecule has 2 fully saturated rings. The molecule has 0 bridgehead atoms. The highest BCUT2D eigenvalue weighted by Crippen LogP contribution is 2.31. The number of halogens is 3. The highest BCUT2D eigenvalue weighted by molar-refractivity contribution is 7.80. The summed E-state index contributed by atoms with van der Waals surface area (Å²) in [5.74, 6) is 0.179. The number of benzene rings is 1. The van der Waals surface area contributed by atoms with E-state index in [1.807, 2.05) is 0 Å². The Morgan fingerprint density at radius 3 is 2.12 bits per heavy atom. The van der Waals surface area contributed by atoms with Crippen LogP contribution in [0.1, 0.15) is 59.3 Å². The van der Waals surface area contributed by atoms with Crippen molar-refractivity contribution >= 4 is 24.4 Å². The van der Waals surface area contributed by atoms with Crippen LogP contribution in [0.5, 0.6) is 5.75 Å². The van der Waals surface area contributed by atoms with E-state index in [1.165, 1.54) is 31.0 Å². The maximum Gasteiger partial charge on any atom is 0.573 e. The smallest absolute Gasteiger partial charge is 0.405 e. The van der Waals surface area contributed by atoms with Gasteiger partial charge in [-0.05, 0) is 50.2 Å². The van der Waals surface area contributed by atoms with Crippen LogP contribution < -0.4 is 21.5 Å². The Labute approximate surface area is 193 Å². The van der Waals surface area contributed by atoms with Crippen molar-refractivity contribution in [2.75, 3.05) is 0 Å². The fraction of sp³-hybridized carbons (Fsp3) is 0.636. The van der Waals surface area contributed by atoms with Gasteiger partial charge in [-0.25, -0.2) is 0 Å².